The van der Waals surface area contributed by atoms with Gasteiger partial charge in [0.25, 0.3) is 0 Å². The van der Waals surface area contributed by atoms with Crippen LogP contribution < -0.4 is 15.1 Å². The molecule has 0 spiro atoms. The van der Waals surface area contributed by atoms with Gasteiger partial charge < -0.3 is 19.9 Å². The van der Waals surface area contributed by atoms with Crippen LogP contribution in [0.4, 0.5) is 17.8 Å². The molecule has 1 aromatic heterocycles. The first-order valence-electron chi connectivity index (χ1n) is 8.85. The summed E-state index contributed by atoms with van der Waals surface area (Å²) in [4.78, 5) is 18.6. The Balaban J connectivity index is 1.79. The third kappa shape index (κ3) is 4.43. The molecule has 128 valence electrons. The van der Waals surface area contributed by atoms with Crippen molar-refractivity contribution in [3.05, 3.63) is 0 Å². The molecule has 7 nitrogen and oxygen atoms in total. The van der Waals surface area contributed by atoms with Crippen LogP contribution in [0, 0.1) is 0 Å². The van der Waals surface area contributed by atoms with E-state index in [1.807, 2.05) is 0 Å². The van der Waals surface area contributed by atoms with Crippen molar-refractivity contribution in [2.75, 3.05) is 61.6 Å². The summed E-state index contributed by atoms with van der Waals surface area (Å²) < 4.78 is 5.10. The molecule has 0 radical (unpaired) electrons. The lowest BCUT2D eigenvalue weighted by atomic mass is 10.1. The lowest BCUT2D eigenvalue weighted by Crippen LogP contribution is -2.34. The summed E-state index contributed by atoms with van der Waals surface area (Å²) in [6.07, 6.45) is 7.49. The first-order valence-corrected chi connectivity index (χ1v) is 8.85. The Morgan fingerprint density at radius 1 is 0.826 bits per heavy atom. The topological polar surface area (TPSA) is 66.4 Å². The van der Waals surface area contributed by atoms with Crippen molar-refractivity contribution in [3.63, 3.8) is 0 Å². The van der Waals surface area contributed by atoms with E-state index in [2.05, 4.69) is 25.1 Å². The quantitative estimate of drug-likeness (QED) is 0.803. The molecule has 2 fully saturated rings. The zero-order valence-corrected chi connectivity index (χ0v) is 14.1. The number of methoxy groups -OCH3 is 1. The molecule has 23 heavy (non-hydrogen) atoms. The number of piperidine rings is 2. The Morgan fingerprint density at radius 2 is 1.35 bits per heavy atom. The molecule has 0 aromatic carbocycles. The van der Waals surface area contributed by atoms with Gasteiger partial charge in [-0.15, -0.1) is 0 Å². The monoisotopic (exact) mass is 320 g/mol. The molecule has 0 unspecified atom stereocenters. The van der Waals surface area contributed by atoms with Gasteiger partial charge >= 0.3 is 0 Å². The summed E-state index contributed by atoms with van der Waals surface area (Å²) in [6.45, 7) is 5.52. The molecule has 2 aliphatic heterocycles. The molecule has 0 saturated carbocycles. The summed E-state index contributed by atoms with van der Waals surface area (Å²) in [6, 6.07) is 0. The average molecular weight is 320 g/mol. The van der Waals surface area contributed by atoms with E-state index in [0.29, 0.717) is 19.1 Å². The van der Waals surface area contributed by atoms with E-state index in [1.165, 1.54) is 38.5 Å². The fourth-order valence-corrected chi connectivity index (χ4v) is 3.17. The fourth-order valence-electron chi connectivity index (χ4n) is 3.17. The largest absolute Gasteiger partial charge is 0.383 e. The van der Waals surface area contributed by atoms with Gasteiger partial charge in [0.1, 0.15) is 0 Å². The summed E-state index contributed by atoms with van der Waals surface area (Å²) in [5.74, 6) is 2.30. The van der Waals surface area contributed by atoms with Gasteiger partial charge in [-0.1, -0.05) is 0 Å². The maximum absolute atomic E-state index is 5.10. The van der Waals surface area contributed by atoms with E-state index in [4.69, 9.17) is 9.72 Å². The summed E-state index contributed by atoms with van der Waals surface area (Å²) in [7, 11) is 1.70. The zero-order valence-electron chi connectivity index (χ0n) is 14.1. The van der Waals surface area contributed by atoms with Crippen LogP contribution in [0.5, 0.6) is 0 Å². The number of rotatable bonds is 6. The molecular weight excluding hydrogens is 292 g/mol. The van der Waals surface area contributed by atoms with E-state index in [-0.39, 0.29) is 0 Å². The molecule has 1 N–H and O–H groups in total. The standard InChI is InChI=1S/C16H28N6O/c1-23-13-8-17-14-18-15(21-9-4-2-5-10-21)20-16(19-14)22-11-6-3-7-12-22/h2-13H2,1H3,(H,17,18,19,20). The average Bonchev–Trinajstić information content (AvgIpc) is 2.63. The van der Waals surface area contributed by atoms with Gasteiger partial charge in [-0.05, 0) is 38.5 Å². The van der Waals surface area contributed by atoms with Crippen LogP contribution in [-0.4, -0.2) is 61.4 Å². The molecule has 0 aliphatic carbocycles. The van der Waals surface area contributed by atoms with Crippen LogP contribution in [0.3, 0.4) is 0 Å². The maximum atomic E-state index is 5.10. The summed E-state index contributed by atoms with van der Waals surface area (Å²) in [5, 5.41) is 3.26. The van der Waals surface area contributed by atoms with Crippen LogP contribution in [-0.2, 0) is 4.74 Å². The maximum Gasteiger partial charge on any atom is 0.231 e. The Hall–Kier alpha value is -1.63. The number of aromatic nitrogens is 3. The minimum atomic E-state index is 0.643. The molecule has 0 atom stereocenters. The van der Waals surface area contributed by atoms with Crippen LogP contribution >= 0.6 is 0 Å². The Bertz CT molecular complexity index is 449. The second-order valence-electron chi connectivity index (χ2n) is 6.27. The predicted molar refractivity (Wildman–Crippen MR) is 92.3 cm³/mol. The van der Waals surface area contributed by atoms with Crippen molar-refractivity contribution in [1.29, 1.82) is 0 Å². The molecule has 2 aliphatic rings. The van der Waals surface area contributed by atoms with E-state index < -0.39 is 0 Å². The molecule has 3 rings (SSSR count). The van der Waals surface area contributed by atoms with Gasteiger partial charge in [-0.25, -0.2) is 0 Å². The third-order valence-electron chi connectivity index (χ3n) is 4.48. The smallest absolute Gasteiger partial charge is 0.231 e. The second-order valence-corrected chi connectivity index (χ2v) is 6.27. The molecule has 1 aromatic rings. The second kappa shape index (κ2) is 8.29. The van der Waals surface area contributed by atoms with Gasteiger partial charge in [0, 0.05) is 39.8 Å². The SMILES string of the molecule is COCCNc1nc(N2CCCCC2)nc(N2CCCCC2)n1. The van der Waals surface area contributed by atoms with Gasteiger partial charge in [0.15, 0.2) is 0 Å². The highest BCUT2D eigenvalue weighted by atomic mass is 16.5. The van der Waals surface area contributed by atoms with Gasteiger partial charge in [-0.3, -0.25) is 0 Å². The number of ether oxygens (including phenoxy) is 1. The lowest BCUT2D eigenvalue weighted by Gasteiger charge is -2.30. The molecule has 2 saturated heterocycles. The van der Waals surface area contributed by atoms with E-state index in [1.54, 1.807) is 7.11 Å². The number of hydrogen-bond acceptors (Lipinski definition) is 7. The van der Waals surface area contributed by atoms with Gasteiger partial charge in [0.05, 0.1) is 6.61 Å². The Kier molecular flexibility index (Phi) is 5.85. The highest BCUT2D eigenvalue weighted by Gasteiger charge is 2.20. The van der Waals surface area contributed by atoms with Gasteiger partial charge in [-0.2, -0.15) is 15.0 Å². The van der Waals surface area contributed by atoms with E-state index in [0.717, 1.165) is 38.1 Å². The minimum absolute atomic E-state index is 0.643. The van der Waals surface area contributed by atoms with Crippen molar-refractivity contribution in [2.45, 2.75) is 38.5 Å². The van der Waals surface area contributed by atoms with Crippen molar-refractivity contribution in [3.8, 4) is 0 Å². The lowest BCUT2D eigenvalue weighted by molar-refractivity contribution is 0.210. The normalized spacial score (nSPS) is 19.0. The fraction of sp³-hybridized carbons (Fsp3) is 0.812. The zero-order chi connectivity index (χ0) is 15.9. The molecule has 0 bridgehead atoms. The molecule has 0 amide bonds. The van der Waals surface area contributed by atoms with Crippen LogP contribution in [0.2, 0.25) is 0 Å². The number of nitrogens with zero attached hydrogens (tertiary/aromatic N) is 5. The van der Waals surface area contributed by atoms with Crippen LogP contribution in [0.25, 0.3) is 0 Å². The molecular formula is C16H28N6O. The number of hydrogen-bond donors (Lipinski definition) is 1. The minimum Gasteiger partial charge on any atom is -0.383 e. The van der Waals surface area contributed by atoms with Crippen molar-refractivity contribution in [2.24, 2.45) is 0 Å². The molecule has 7 heteroatoms. The van der Waals surface area contributed by atoms with Crippen molar-refractivity contribution >= 4 is 17.8 Å². The molecule has 3 heterocycles. The summed E-state index contributed by atoms with van der Waals surface area (Å²) in [5.41, 5.74) is 0. The van der Waals surface area contributed by atoms with E-state index in [9.17, 15) is 0 Å². The van der Waals surface area contributed by atoms with Crippen LogP contribution in [0.15, 0.2) is 0 Å². The number of nitrogens with one attached hydrogen (secondary N) is 1. The number of anilines is 3. The highest BCUT2D eigenvalue weighted by molar-refractivity contribution is 5.45. The summed E-state index contributed by atoms with van der Waals surface area (Å²) >= 11 is 0. The Morgan fingerprint density at radius 3 is 1.83 bits per heavy atom. The van der Waals surface area contributed by atoms with Crippen LogP contribution in [0.1, 0.15) is 38.5 Å². The Labute approximate surface area is 138 Å². The van der Waals surface area contributed by atoms with Gasteiger partial charge in [0.2, 0.25) is 17.8 Å². The third-order valence-corrected chi connectivity index (χ3v) is 4.48. The van der Waals surface area contributed by atoms with Crippen molar-refractivity contribution in [1.82, 2.24) is 15.0 Å². The first kappa shape index (κ1) is 16.2. The van der Waals surface area contributed by atoms with Crippen molar-refractivity contribution < 1.29 is 4.74 Å². The van der Waals surface area contributed by atoms with E-state index >= 15 is 0 Å². The first-order chi connectivity index (χ1) is 11.4. The predicted octanol–water partition coefficient (Wildman–Crippen LogP) is 1.91. The highest BCUT2D eigenvalue weighted by Crippen LogP contribution is 2.22.